The summed E-state index contributed by atoms with van der Waals surface area (Å²) >= 11 is 6.83. The molecule has 5 unspecified atom stereocenters. The molecule has 0 aromatic heterocycles. The van der Waals surface area contributed by atoms with Crippen LogP contribution in [0.1, 0.15) is 59.8 Å². The third-order valence-electron chi connectivity index (χ3n) is 6.43. The van der Waals surface area contributed by atoms with Crippen LogP contribution >= 0.6 is 23.5 Å². The van der Waals surface area contributed by atoms with Crippen LogP contribution in [0.4, 0.5) is 5.69 Å². The smallest absolute Gasteiger partial charge is 0.289 e. The SMILES string of the molecule is CC(C)(C=O)NSc1ccc(Cl)c([N+](=O)[O-])c1.CCC1CC2CC(C)CC(C2)C1NC. The predicted molar refractivity (Wildman–Crippen MR) is 128 cm³/mol. The van der Waals surface area contributed by atoms with Gasteiger partial charge in [0.05, 0.1) is 10.5 Å². The maximum atomic E-state index is 10.7. The number of nitrogens with zero attached hydrogens (tertiary/aromatic N) is 1. The largest absolute Gasteiger partial charge is 0.316 e. The summed E-state index contributed by atoms with van der Waals surface area (Å²) in [6.45, 7) is 8.21. The number of fused-ring (bicyclic) bond motifs is 2. The first kappa shape index (κ1) is 26.1. The van der Waals surface area contributed by atoms with Crippen LogP contribution in [0.5, 0.6) is 0 Å². The molecular formula is C23H36ClN3O3S. The highest BCUT2D eigenvalue weighted by Gasteiger charge is 2.40. The van der Waals surface area contributed by atoms with Crippen molar-refractivity contribution in [2.45, 2.75) is 76.3 Å². The zero-order valence-corrected chi connectivity index (χ0v) is 20.8. The van der Waals surface area contributed by atoms with Crippen LogP contribution in [0.15, 0.2) is 23.1 Å². The van der Waals surface area contributed by atoms with Crippen LogP contribution in [0, 0.1) is 33.8 Å². The van der Waals surface area contributed by atoms with E-state index < -0.39 is 10.5 Å². The second kappa shape index (κ2) is 11.6. The summed E-state index contributed by atoms with van der Waals surface area (Å²) in [7, 11) is 2.16. The number of halogens is 1. The van der Waals surface area contributed by atoms with Gasteiger partial charge in [0.1, 0.15) is 11.3 Å². The lowest BCUT2D eigenvalue weighted by Crippen LogP contribution is -2.48. The molecule has 2 fully saturated rings. The van der Waals surface area contributed by atoms with Gasteiger partial charge in [-0.3, -0.25) is 10.1 Å². The Hall–Kier alpha value is -1.15. The zero-order valence-electron chi connectivity index (χ0n) is 19.2. The van der Waals surface area contributed by atoms with Gasteiger partial charge in [-0.2, -0.15) is 0 Å². The molecule has 1 aromatic carbocycles. The van der Waals surface area contributed by atoms with Gasteiger partial charge in [-0.1, -0.05) is 31.9 Å². The number of nitro groups is 1. The summed E-state index contributed by atoms with van der Waals surface area (Å²) < 4.78 is 2.89. The lowest BCUT2D eigenvalue weighted by atomic mass is 9.62. The predicted octanol–water partition coefficient (Wildman–Crippen LogP) is 5.88. The van der Waals surface area contributed by atoms with Gasteiger partial charge >= 0.3 is 0 Å². The van der Waals surface area contributed by atoms with E-state index in [9.17, 15) is 14.9 Å². The first-order chi connectivity index (χ1) is 14.6. The monoisotopic (exact) mass is 469 g/mol. The van der Waals surface area contributed by atoms with E-state index in [2.05, 4.69) is 30.9 Å². The van der Waals surface area contributed by atoms with Crippen molar-refractivity contribution in [2.24, 2.45) is 23.7 Å². The molecule has 1 aromatic rings. The van der Waals surface area contributed by atoms with Gasteiger partial charge in [0.2, 0.25) is 0 Å². The molecule has 3 rings (SSSR count). The number of carbonyl (C=O) groups excluding carboxylic acids is 1. The van der Waals surface area contributed by atoms with E-state index in [1.165, 1.54) is 44.2 Å². The Labute approximate surface area is 195 Å². The Balaban J connectivity index is 0.000000224. The molecule has 0 heterocycles. The molecule has 174 valence electrons. The molecule has 2 bridgehead atoms. The standard InChI is InChI=1S/C13H25N.C10H11ClN2O3S/c1-4-11-7-10-5-9(2)6-12(8-10)13(11)14-3;1-10(2,6-14)12-17-7-3-4-8(11)9(5-7)13(15)16/h9-14H,4-8H2,1-3H3;3-6,12H,1-2H3. The van der Waals surface area contributed by atoms with E-state index in [1.54, 1.807) is 19.9 Å². The molecule has 2 N–H and O–H groups in total. The van der Waals surface area contributed by atoms with E-state index in [4.69, 9.17) is 11.6 Å². The van der Waals surface area contributed by atoms with Crippen molar-refractivity contribution in [3.8, 4) is 0 Å². The van der Waals surface area contributed by atoms with E-state index in [1.807, 2.05) is 0 Å². The van der Waals surface area contributed by atoms with Crippen LogP contribution in [0.2, 0.25) is 5.02 Å². The van der Waals surface area contributed by atoms with Gasteiger partial charge in [0.25, 0.3) is 5.69 Å². The third kappa shape index (κ3) is 7.45. The van der Waals surface area contributed by atoms with Crippen LogP contribution in [0.25, 0.3) is 0 Å². The summed E-state index contributed by atoms with van der Waals surface area (Å²) in [5.41, 5.74) is -0.846. The minimum Gasteiger partial charge on any atom is -0.316 e. The molecule has 0 radical (unpaired) electrons. The van der Waals surface area contributed by atoms with Crippen molar-refractivity contribution in [3.63, 3.8) is 0 Å². The van der Waals surface area contributed by atoms with Crippen LogP contribution in [-0.2, 0) is 4.79 Å². The Kier molecular flexibility index (Phi) is 9.80. The van der Waals surface area contributed by atoms with E-state index in [-0.39, 0.29) is 10.7 Å². The molecule has 0 saturated heterocycles. The number of aldehydes is 1. The van der Waals surface area contributed by atoms with Gasteiger partial charge in [0.15, 0.2) is 0 Å². The molecule has 0 aliphatic heterocycles. The number of nitro benzene ring substituents is 1. The lowest BCUT2D eigenvalue weighted by molar-refractivity contribution is -0.384. The fraction of sp³-hybridized carbons (Fsp3) is 0.696. The molecular weight excluding hydrogens is 434 g/mol. The van der Waals surface area contributed by atoms with Crippen LogP contribution < -0.4 is 10.0 Å². The molecule has 0 spiro atoms. The fourth-order valence-electron chi connectivity index (χ4n) is 5.05. The van der Waals surface area contributed by atoms with E-state index in [0.29, 0.717) is 4.90 Å². The average molecular weight is 470 g/mol. The van der Waals surface area contributed by atoms with Gasteiger partial charge in [-0.05, 0) is 94.3 Å². The summed E-state index contributed by atoms with van der Waals surface area (Å²) in [6, 6.07) is 5.28. The number of hydrogen-bond acceptors (Lipinski definition) is 6. The van der Waals surface area contributed by atoms with Crippen molar-refractivity contribution in [1.29, 1.82) is 0 Å². The average Bonchev–Trinajstić information content (AvgIpc) is 2.72. The lowest BCUT2D eigenvalue weighted by Gasteiger charge is -2.47. The first-order valence-corrected chi connectivity index (χ1v) is 12.3. The molecule has 8 heteroatoms. The molecule has 0 amide bonds. The fourth-order valence-corrected chi connectivity index (χ4v) is 5.97. The minimum atomic E-state index is -0.695. The van der Waals surface area contributed by atoms with Gasteiger partial charge < -0.3 is 10.1 Å². The maximum absolute atomic E-state index is 10.7. The van der Waals surface area contributed by atoms with Crippen molar-refractivity contribution >= 4 is 35.5 Å². The van der Waals surface area contributed by atoms with Crippen molar-refractivity contribution in [1.82, 2.24) is 10.0 Å². The Morgan fingerprint density at radius 3 is 2.58 bits per heavy atom. The van der Waals surface area contributed by atoms with Gasteiger partial charge in [-0.15, -0.1) is 0 Å². The quantitative estimate of drug-likeness (QED) is 0.224. The maximum Gasteiger partial charge on any atom is 0.289 e. The summed E-state index contributed by atoms with van der Waals surface area (Å²) in [5, 5.41) is 14.3. The summed E-state index contributed by atoms with van der Waals surface area (Å²) in [5.74, 6) is 3.97. The second-order valence-corrected chi connectivity index (χ2v) is 10.9. The Morgan fingerprint density at radius 2 is 2.00 bits per heavy atom. The Bertz CT molecular complexity index is 760. The molecule has 31 heavy (non-hydrogen) atoms. The van der Waals surface area contributed by atoms with Gasteiger partial charge in [-0.25, -0.2) is 4.72 Å². The number of benzene rings is 1. The summed E-state index contributed by atoms with van der Waals surface area (Å²) in [6.07, 6.45) is 8.11. The second-order valence-electron chi connectivity index (χ2n) is 9.57. The molecule has 2 aliphatic carbocycles. The molecule has 2 aliphatic rings. The normalized spacial score (nSPS) is 27.7. The number of carbonyl (C=O) groups is 1. The zero-order chi connectivity index (χ0) is 23.2. The van der Waals surface area contributed by atoms with E-state index >= 15 is 0 Å². The highest BCUT2D eigenvalue weighted by molar-refractivity contribution is 7.97. The van der Waals surface area contributed by atoms with E-state index in [0.717, 1.165) is 47.9 Å². The number of hydrogen-bond donors (Lipinski definition) is 2. The number of rotatable bonds is 7. The highest BCUT2D eigenvalue weighted by atomic mass is 35.5. The Morgan fingerprint density at radius 1 is 1.29 bits per heavy atom. The highest BCUT2D eigenvalue weighted by Crippen LogP contribution is 2.45. The molecule has 2 saturated carbocycles. The minimum absolute atomic E-state index is 0.0917. The van der Waals surface area contributed by atoms with Crippen molar-refractivity contribution in [2.75, 3.05) is 7.05 Å². The van der Waals surface area contributed by atoms with Crippen molar-refractivity contribution < 1.29 is 9.72 Å². The van der Waals surface area contributed by atoms with Crippen molar-refractivity contribution in [3.05, 3.63) is 33.3 Å². The van der Waals surface area contributed by atoms with Crippen LogP contribution in [0.3, 0.4) is 0 Å². The van der Waals surface area contributed by atoms with Gasteiger partial charge in [0, 0.05) is 17.0 Å². The number of nitrogens with one attached hydrogen (secondary N) is 2. The van der Waals surface area contributed by atoms with Crippen LogP contribution in [-0.4, -0.2) is 29.8 Å². The first-order valence-electron chi connectivity index (χ1n) is 11.1. The topological polar surface area (TPSA) is 84.3 Å². The molecule has 5 atom stereocenters. The third-order valence-corrected chi connectivity index (χ3v) is 7.86. The summed E-state index contributed by atoms with van der Waals surface area (Å²) in [4.78, 5) is 21.4. The molecule has 6 nitrogen and oxygen atoms in total.